The summed E-state index contributed by atoms with van der Waals surface area (Å²) in [5.41, 5.74) is 0.125. The Balaban J connectivity index is 0.000000289. The van der Waals surface area contributed by atoms with E-state index in [0.717, 1.165) is 7.11 Å². The molecule has 12 heteroatoms. The molecule has 1 heterocycles. The zero-order chi connectivity index (χ0) is 20.8. The number of halogens is 2. The Labute approximate surface area is 166 Å². The van der Waals surface area contributed by atoms with E-state index in [1.54, 1.807) is 0 Å². The molecule has 146 valence electrons. The van der Waals surface area contributed by atoms with E-state index in [4.69, 9.17) is 28.3 Å². The molecule has 1 atom stereocenters. The smallest absolute Gasteiger partial charge is 0.356 e. The number of nitrogens with one attached hydrogen (secondary N) is 1. The van der Waals surface area contributed by atoms with Crippen LogP contribution in [0.3, 0.4) is 0 Å². The van der Waals surface area contributed by atoms with Gasteiger partial charge >= 0.3 is 101 Å². The number of aromatic nitrogens is 1. The molecule has 2 rings (SSSR count). The number of carboxylic acids is 1. The molecular weight excluding hydrogens is 466 g/mol. The van der Waals surface area contributed by atoms with Crippen LogP contribution in [0.15, 0.2) is 30.3 Å². The SMILES string of the molecule is CO[As](=O)(O)c1ccc(NC(C)=O)cc1O.O=C(O)c1nc(Cl)ccc1Cl. The van der Waals surface area contributed by atoms with Crippen molar-refractivity contribution < 1.29 is 31.4 Å². The molecule has 0 aliphatic heterocycles. The maximum absolute atomic E-state index is 11.5. The Hall–Kier alpha value is -2.03. The van der Waals surface area contributed by atoms with E-state index >= 15 is 0 Å². The summed E-state index contributed by atoms with van der Waals surface area (Å²) in [6.45, 7) is 1.32. The van der Waals surface area contributed by atoms with Crippen molar-refractivity contribution in [2.45, 2.75) is 6.92 Å². The van der Waals surface area contributed by atoms with E-state index in [9.17, 15) is 22.5 Å². The van der Waals surface area contributed by atoms with Gasteiger partial charge in [0.15, 0.2) is 5.69 Å². The summed E-state index contributed by atoms with van der Waals surface area (Å²) in [6.07, 6.45) is 0. The maximum atomic E-state index is 11.5. The number of nitrogens with zero attached hydrogens (tertiary/aromatic N) is 1. The topological polar surface area (TPSA) is 146 Å². The number of hydrogen-bond acceptors (Lipinski definition) is 6. The molecule has 0 aliphatic carbocycles. The Morgan fingerprint density at radius 2 is 1.85 bits per heavy atom. The third kappa shape index (κ3) is 6.89. The molecule has 0 aliphatic rings. The van der Waals surface area contributed by atoms with Crippen LogP contribution in [-0.2, 0) is 12.3 Å². The molecule has 2 aromatic rings. The second-order valence-corrected chi connectivity index (χ2v) is 9.61. The minimum Gasteiger partial charge on any atom is -0.476 e. The van der Waals surface area contributed by atoms with Crippen molar-refractivity contribution in [3.05, 3.63) is 46.2 Å². The molecule has 0 saturated heterocycles. The van der Waals surface area contributed by atoms with Gasteiger partial charge in [-0.2, -0.15) is 0 Å². The van der Waals surface area contributed by atoms with Crippen molar-refractivity contribution in [2.24, 2.45) is 0 Å². The average molecular weight is 481 g/mol. The number of phenolic OH excluding ortho intramolecular Hbond substituents is 1. The number of phenols is 1. The van der Waals surface area contributed by atoms with Crippen LogP contribution >= 0.6 is 23.2 Å². The number of amides is 1. The zero-order valence-electron chi connectivity index (χ0n) is 14.0. The molecule has 0 spiro atoms. The Morgan fingerprint density at radius 3 is 2.30 bits per heavy atom. The van der Waals surface area contributed by atoms with Gasteiger partial charge in [0.25, 0.3) is 0 Å². The van der Waals surface area contributed by atoms with E-state index in [-0.39, 0.29) is 31.9 Å². The average Bonchev–Trinajstić information content (AvgIpc) is 2.56. The normalized spacial score (nSPS) is 12.3. The van der Waals surface area contributed by atoms with Gasteiger partial charge in [0.1, 0.15) is 5.15 Å². The molecule has 4 N–H and O–H groups in total. The summed E-state index contributed by atoms with van der Waals surface area (Å²) < 4.78 is 25.2. The number of aromatic carboxylic acids is 1. The fraction of sp³-hybridized carbons (Fsp3) is 0.133. The molecule has 1 aromatic carbocycles. The number of carboxylic acid groups (broad SMARTS) is 1. The van der Waals surface area contributed by atoms with Crippen molar-refractivity contribution in [1.29, 1.82) is 0 Å². The molecule has 0 saturated carbocycles. The zero-order valence-corrected chi connectivity index (χ0v) is 17.4. The van der Waals surface area contributed by atoms with Crippen LogP contribution in [0.5, 0.6) is 5.75 Å². The summed E-state index contributed by atoms with van der Waals surface area (Å²) in [6, 6.07) is 6.68. The van der Waals surface area contributed by atoms with E-state index in [1.165, 1.54) is 37.3 Å². The van der Waals surface area contributed by atoms with Gasteiger partial charge in [-0.25, -0.2) is 9.78 Å². The van der Waals surface area contributed by atoms with Gasteiger partial charge in [-0.1, -0.05) is 23.2 Å². The molecule has 1 unspecified atom stereocenters. The number of pyridine rings is 1. The molecule has 1 aromatic heterocycles. The van der Waals surface area contributed by atoms with Gasteiger partial charge in [-0.05, 0) is 12.1 Å². The van der Waals surface area contributed by atoms with Crippen LogP contribution in [0.2, 0.25) is 10.2 Å². The standard InChI is InChI=1S/C9H12AsNO5.C6H3Cl2NO2/c1-6(12)11-7-3-4-8(9(13)5-7)10(14,15)16-2;7-3-1-2-4(8)9-5(3)6(10)11/h3-5,13H,1-2H3,(H,11,12)(H,14,15);1-2H,(H,10,11). The van der Waals surface area contributed by atoms with Gasteiger partial charge in [0, 0.05) is 0 Å². The van der Waals surface area contributed by atoms with E-state index < -0.39 is 20.1 Å². The summed E-state index contributed by atoms with van der Waals surface area (Å²) in [5, 5.41) is 20.6. The molecule has 0 radical (unpaired) electrons. The quantitative estimate of drug-likeness (QED) is 0.381. The fourth-order valence-corrected chi connectivity index (χ4v) is 3.75. The summed E-state index contributed by atoms with van der Waals surface area (Å²) in [5.74, 6) is -1.85. The second-order valence-electron chi connectivity index (χ2n) is 4.86. The van der Waals surface area contributed by atoms with Crippen LogP contribution in [0.4, 0.5) is 5.69 Å². The predicted octanol–water partition coefficient (Wildman–Crippen LogP) is 1.65. The summed E-state index contributed by atoms with van der Waals surface area (Å²) in [7, 11) is 1.10. The van der Waals surface area contributed by atoms with Crippen molar-refractivity contribution in [1.82, 2.24) is 4.98 Å². The van der Waals surface area contributed by atoms with Crippen LogP contribution in [0, 0.1) is 0 Å². The van der Waals surface area contributed by atoms with Crippen LogP contribution in [0.25, 0.3) is 0 Å². The molecular formula is C15H15AsCl2N2O7. The summed E-state index contributed by atoms with van der Waals surface area (Å²) in [4.78, 5) is 24.6. The first-order valence-electron chi connectivity index (χ1n) is 7.03. The molecule has 0 bridgehead atoms. The maximum Gasteiger partial charge on any atom is 0.356 e. The Bertz CT molecular complexity index is 908. The van der Waals surface area contributed by atoms with Gasteiger partial charge in [-0.15, -0.1) is 0 Å². The number of benzene rings is 1. The van der Waals surface area contributed by atoms with Gasteiger partial charge in [0.05, 0.1) is 5.02 Å². The third-order valence-corrected chi connectivity index (χ3v) is 6.49. The first-order valence-corrected chi connectivity index (χ1v) is 11.1. The predicted molar refractivity (Wildman–Crippen MR) is 98.9 cm³/mol. The van der Waals surface area contributed by atoms with Gasteiger partial charge in [0.2, 0.25) is 0 Å². The number of carbonyl (C=O) groups is 2. The van der Waals surface area contributed by atoms with E-state index in [2.05, 4.69) is 14.0 Å². The number of carbonyl (C=O) groups excluding carboxylic acids is 1. The molecule has 1 amide bonds. The fourth-order valence-electron chi connectivity index (χ4n) is 1.71. The minimum atomic E-state index is -4.62. The Kier molecular flexibility index (Phi) is 8.33. The third-order valence-electron chi connectivity index (χ3n) is 2.86. The second kappa shape index (κ2) is 9.77. The first-order chi connectivity index (χ1) is 12.5. The Morgan fingerprint density at radius 1 is 1.22 bits per heavy atom. The van der Waals surface area contributed by atoms with E-state index in [0.29, 0.717) is 5.69 Å². The van der Waals surface area contributed by atoms with Crippen molar-refractivity contribution in [3.8, 4) is 5.75 Å². The van der Waals surface area contributed by atoms with E-state index in [1.807, 2.05) is 0 Å². The van der Waals surface area contributed by atoms with Gasteiger partial charge in [-0.3, -0.25) is 0 Å². The largest absolute Gasteiger partial charge is 0.476 e. The monoisotopic (exact) mass is 480 g/mol. The van der Waals surface area contributed by atoms with Crippen LogP contribution < -0.4 is 9.67 Å². The van der Waals surface area contributed by atoms with Crippen molar-refractivity contribution in [2.75, 3.05) is 12.4 Å². The number of hydrogen-bond donors (Lipinski definition) is 4. The number of aromatic hydroxyl groups is 1. The number of anilines is 1. The van der Waals surface area contributed by atoms with Crippen molar-refractivity contribution in [3.63, 3.8) is 0 Å². The molecule has 27 heavy (non-hydrogen) atoms. The molecule has 0 fully saturated rings. The first kappa shape index (κ1) is 23.0. The van der Waals surface area contributed by atoms with Crippen LogP contribution in [0.1, 0.15) is 17.4 Å². The summed E-state index contributed by atoms with van der Waals surface area (Å²) >= 11 is 6.30. The number of rotatable bonds is 4. The van der Waals surface area contributed by atoms with Crippen LogP contribution in [-0.4, -0.2) is 52.5 Å². The van der Waals surface area contributed by atoms with Crippen molar-refractivity contribution >= 4 is 59.3 Å². The minimum absolute atomic E-state index is 0.0851. The van der Waals surface area contributed by atoms with Gasteiger partial charge < -0.3 is 5.11 Å². The molecule has 9 nitrogen and oxygen atoms in total.